The maximum atomic E-state index is 12.8. The fourth-order valence-corrected chi connectivity index (χ4v) is 5.31. The Hall–Kier alpha value is -2.33. The predicted octanol–water partition coefficient (Wildman–Crippen LogP) is 8.76. The largest absolute Gasteiger partial charge is 0.490 e. The van der Waals surface area contributed by atoms with Crippen LogP contribution in [-0.2, 0) is 22.5 Å². The number of quaternary nitrogens is 1. The number of benzene rings is 2. The van der Waals surface area contributed by atoms with Crippen molar-refractivity contribution in [2.45, 2.75) is 104 Å². The van der Waals surface area contributed by atoms with E-state index in [-0.39, 0.29) is 18.5 Å². The van der Waals surface area contributed by atoms with E-state index in [1.54, 1.807) is 0 Å². The highest BCUT2D eigenvalue weighted by molar-refractivity contribution is 5.72. The van der Waals surface area contributed by atoms with Gasteiger partial charge >= 0.3 is 5.97 Å². The zero-order valence-electron chi connectivity index (χ0n) is 25.5. The zero-order valence-corrected chi connectivity index (χ0v) is 25.5. The zero-order chi connectivity index (χ0) is 28.2. The molecule has 4 nitrogen and oxygen atoms in total. The minimum Gasteiger partial charge on any atom is -0.490 e. The normalized spacial score (nSPS) is 12.3. The number of carbonyl (C=O) groups excluding carboxylic acids is 1. The van der Waals surface area contributed by atoms with Crippen LogP contribution in [0.1, 0.15) is 102 Å². The van der Waals surface area contributed by atoms with Crippen molar-refractivity contribution in [3.8, 4) is 5.75 Å². The van der Waals surface area contributed by atoms with Gasteiger partial charge in [0.15, 0.2) is 0 Å². The van der Waals surface area contributed by atoms with Crippen LogP contribution in [0.2, 0.25) is 0 Å². The summed E-state index contributed by atoms with van der Waals surface area (Å²) in [5.41, 5.74) is 2.61. The number of ether oxygens (including phenoxy) is 2. The maximum Gasteiger partial charge on any atom is 0.314 e. The van der Waals surface area contributed by atoms with Gasteiger partial charge in [0.2, 0.25) is 0 Å². The van der Waals surface area contributed by atoms with E-state index in [4.69, 9.17) is 9.47 Å². The fraction of sp³-hybridized carbons (Fsp3) is 0.629. The molecule has 0 bridgehead atoms. The first-order chi connectivity index (χ1) is 18.9. The molecule has 2 aromatic rings. The molecule has 0 aliphatic rings. The van der Waals surface area contributed by atoms with Crippen molar-refractivity contribution in [1.29, 1.82) is 0 Å². The standard InChI is InChI=1S/C35H56NO3/c1-5-7-8-9-10-11-12-13-14-15-17-21-31-24-20-25-34(28-31)38-26-27-39-35(37)33(6-2)30-36(3,4)29-32-22-18-16-19-23-32/h16,18-20,22-25,28,33H,5-15,17,21,26-27,29-30H2,1-4H3/q+1. The van der Waals surface area contributed by atoms with Crippen LogP contribution in [0.25, 0.3) is 0 Å². The van der Waals surface area contributed by atoms with Gasteiger partial charge in [0.25, 0.3) is 0 Å². The molecular weight excluding hydrogens is 482 g/mol. The van der Waals surface area contributed by atoms with Crippen LogP contribution in [0.4, 0.5) is 0 Å². The molecule has 4 heteroatoms. The Labute approximate surface area is 239 Å². The lowest BCUT2D eigenvalue weighted by atomic mass is 10.0. The van der Waals surface area contributed by atoms with Crippen molar-refractivity contribution in [3.63, 3.8) is 0 Å². The molecule has 1 unspecified atom stereocenters. The van der Waals surface area contributed by atoms with Gasteiger partial charge in [0.1, 0.15) is 31.4 Å². The van der Waals surface area contributed by atoms with Crippen LogP contribution in [-0.4, -0.2) is 44.3 Å². The maximum absolute atomic E-state index is 12.8. The van der Waals surface area contributed by atoms with E-state index in [2.05, 4.69) is 70.4 Å². The molecule has 39 heavy (non-hydrogen) atoms. The number of carbonyl (C=O) groups is 1. The summed E-state index contributed by atoms with van der Waals surface area (Å²) < 4.78 is 12.3. The van der Waals surface area contributed by atoms with Crippen LogP contribution in [0.3, 0.4) is 0 Å². The quantitative estimate of drug-likeness (QED) is 0.0854. The molecular formula is C35H56NO3+. The molecule has 0 saturated heterocycles. The predicted molar refractivity (Wildman–Crippen MR) is 164 cm³/mol. The molecule has 0 saturated carbocycles. The summed E-state index contributed by atoms with van der Waals surface area (Å²) in [6.07, 6.45) is 16.9. The van der Waals surface area contributed by atoms with Gasteiger partial charge in [-0.2, -0.15) is 0 Å². The summed E-state index contributed by atoms with van der Waals surface area (Å²) in [7, 11) is 4.35. The van der Waals surface area contributed by atoms with E-state index >= 15 is 0 Å². The van der Waals surface area contributed by atoms with Crippen LogP contribution >= 0.6 is 0 Å². The lowest BCUT2D eigenvalue weighted by Gasteiger charge is -2.32. The van der Waals surface area contributed by atoms with Crippen molar-refractivity contribution in [2.24, 2.45) is 5.92 Å². The number of aryl methyl sites for hydroxylation is 1. The van der Waals surface area contributed by atoms with Gasteiger partial charge in [-0.25, -0.2) is 0 Å². The second-order valence-corrected chi connectivity index (χ2v) is 11.8. The van der Waals surface area contributed by atoms with Gasteiger partial charge in [0, 0.05) is 5.56 Å². The van der Waals surface area contributed by atoms with Crippen LogP contribution < -0.4 is 4.74 Å². The Kier molecular flexibility index (Phi) is 16.6. The molecule has 2 rings (SSSR count). The topological polar surface area (TPSA) is 35.5 Å². The molecule has 0 amide bonds. The molecule has 0 aliphatic carbocycles. The first kappa shape index (κ1) is 32.9. The summed E-state index contributed by atoms with van der Waals surface area (Å²) in [6, 6.07) is 18.8. The summed E-state index contributed by atoms with van der Waals surface area (Å²) in [5.74, 6) is 0.628. The molecule has 0 N–H and O–H groups in total. The lowest BCUT2D eigenvalue weighted by Crippen LogP contribution is -2.44. The smallest absolute Gasteiger partial charge is 0.314 e. The van der Waals surface area contributed by atoms with Crippen molar-refractivity contribution in [3.05, 3.63) is 65.7 Å². The van der Waals surface area contributed by atoms with E-state index in [0.717, 1.165) is 36.2 Å². The Morgan fingerprint density at radius 1 is 0.744 bits per heavy atom. The van der Waals surface area contributed by atoms with Gasteiger partial charge < -0.3 is 14.0 Å². The molecule has 0 heterocycles. The summed E-state index contributed by atoms with van der Waals surface area (Å²) in [5, 5.41) is 0. The summed E-state index contributed by atoms with van der Waals surface area (Å²) in [4.78, 5) is 12.8. The monoisotopic (exact) mass is 538 g/mol. The van der Waals surface area contributed by atoms with E-state index in [1.807, 2.05) is 12.1 Å². The highest BCUT2D eigenvalue weighted by Gasteiger charge is 2.28. The number of hydrogen-bond donors (Lipinski definition) is 0. The second kappa shape index (κ2) is 19.7. The average Bonchev–Trinajstić information content (AvgIpc) is 2.93. The molecule has 0 aromatic heterocycles. The minimum absolute atomic E-state index is 0.113. The number of nitrogens with zero attached hydrogens (tertiary/aromatic N) is 1. The minimum atomic E-state index is -0.120. The SMILES string of the molecule is CCCCCCCCCCCCCc1cccc(OCCOC(=O)C(CC)C[N+](C)(C)Cc2ccccc2)c1. The highest BCUT2D eigenvalue weighted by Crippen LogP contribution is 2.18. The Balaban J connectivity index is 1.60. The number of esters is 1. The lowest BCUT2D eigenvalue weighted by molar-refractivity contribution is -0.906. The molecule has 1 atom stereocenters. The summed E-state index contributed by atoms with van der Waals surface area (Å²) >= 11 is 0. The first-order valence-corrected chi connectivity index (χ1v) is 15.7. The number of hydrogen-bond acceptors (Lipinski definition) is 3. The summed E-state index contributed by atoms with van der Waals surface area (Å²) in [6.45, 7) is 6.65. The third kappa shape index (κ3) is 15.1. The Morgan fingerprint density at radius 2 is 1.36 bits per heavy atom. The fourth-order valence-electron chi connectivity index (χ4n) is 5.31. The van der Waals surface area contributed by atoms with Crippen molar-refractivity contribution in [1.82, 2.24) is 0 Å². The van der Waals surface area contributed by atoms with E-state index in [1.165, 1.54) is 81.8 Å². The highest BCUT2D eigenvalue weighted by atomic mass is 16.6. The van der Waals surface area contributed by atoms with Gasteiger partial charge in [-0.1, -0.05) is 121 Å². The third-order valence-corrected chi connectivity index (χ3v) is 7.56. The Bertz CT molecular complexity index is 896. The average molecular weight is 539 g/mol. The van der Waals surface area contributed by atoms with Gasteiger partial charge in [-0.05, 0) is 37.0 Å². The molecule has 0 radical (unpaired) electrons. The van der Waals surface area contributed by atoms with Gasteiger partial charge in [0.05, 0.1) is 20.6 Å². The molecule has 0 spiro atoms. The van der Waals surface area contributed by atoms with Crippen LogP contribution in [0.15, 0.2) is 54.6 Å². The van der Waals surface area contributed by atoms with Crippen molar-refractivity contribution < 1.29 is 18.8 Å². The van der Waals surface area contributed by atoms with Crippen molar-refractivity contribution >= 4 is 5.97 Å². The second-order valence-electron chi connectivity index (χ2n) is 11.8. The van der Waals surface area contributed by atoms with E-state index < -0.39 is 0 Å². The van der Waals surface area contributed by atoms with Gasteiger partial charge in [-0.3, -0.25) is 4.79 Å². The number of unbranched alkanes of at least 4 members (excludes halogenated alkanes) is 10. The Morgan fingerprint density at radius 3 is 2.00 bits per heavy atom. The van der Waals surface area contributed by atoms with E-state index in [9.17, 15) is 4.79 Å². The first-order valence-electron chi connectivity index (χ1n) is 15.7. The molecule has 2 aromatic carbocycles. The van der Waals surface area contributed by atoms with Gasteiger partial charge in [-0.15, -0.1) is 0 Å². The van der Waals surface area contributed by atoms with E-state index in [0.29, 0.717) is 6.61 Å². The molecule has 0 aliphatic heterocycles. The number of rotatable bonds is 22. The van der Waals surface area contributed by atoms with Crippen molar-refractivity contribution in [2.75, 3.05) is 33.9 Å². The van der Waals surface area contributed by atoms with Crippen LogP contribution in [0, 0.1) is 5.92 Å². The van der Waals surface area contributed by atoms with Crippen LogP contribution in [0.5, 0.6) is 5.75 Å². The molecule has 218 valence electrons. The molecule has 0 fully saturated rings. The third-order valence-electron chi connectivity index (χ3n) is 7.56.